The minimum Gasteiger partial charge on any atom is -0.336 e. The van der Waals surface area contributed by atoms with Crippen molar-refractivity contribution in [2.24, 2.45) is 0 Å². The van der Waals surface area contributed by atoms with Gasteiger partial charge in [-0.05, 0) is 24.6 Å². The number of amides is 1. The molecular weight excluding hydrogens is 290 g/mol. The number of quaternary nitrogens is 1. The van der Waals surface area contributed by atoms with Crippen molar-refractivity contribution in [2.45, 2.75) is 30.7 Å². The number of nitrogens with one attached hydrogen (secondary N) is 1. The molecule has 1 aromatic carbocycles. The summed E-state index contributed by atoms with van der Waals surface area (Å²) in [5.74, 6) is -0.107. The van der Waals surface area contributed by atoms with Gasteiger partial charge in [-0.1, -0.05) is 6.07 Å². The molecule has 1 saturated carbocycles. The Morgan fingerprint density at radius 1 is 1.38 bits per heavy atom. The highest BCUT2D eigenvalue weighted by Gasteiger charge is 2.26. The zero-order valence-electron chi connectivity index (χ0n) is 12.6. The molecule has 0 radical (unpaired) electrons. The predicted octanol–water partition coefficient (Wildman–Crippen LogP) is -0.0904. The number of rotatable bonds is 6. The van der Waals surface area contributed by atoms with Crippen molar-refractivity contribution in [3.05, 3.63) is 23.8 Å². The molecule has 21 heavy (non-hydrogen) atoms. The molecule has 3 N–H and O–H groups in total. The zero-order valence-corrected chi connectivity index (χ0v) is 13.4. The monoisotopic (exact) mass is 312 g/mol. The maximum atomic E-state index is 12.1. The summed E-state index contributed by atoms with van der Waals surface area (Å²) in [5.41, 5.74) is 1.39. The number of carbonyl (C=O) groups is 1. The molecule has 1 amide bonds. The molecule has 0 saturated heterocycles. The molecule has 1 fully saturated rings. The van der Waals surface area contributed by atoms with E-state index < -0.39 is 10.0 Å². The first kappa shape index (κ1) is 15.9. The van der Waals surface area contributed by atoms with E-state index in [4.69, 9.17) is 0 Å². The Kier molecular flexibility index (Phi) is 4.65. The van der Waals surface area contributed by atoms with Crippen LogP contribution >= 0.6 is 0 Å². The molecule has 1 aliphatic carbocycles. The lowest BCUT2D eigenvalue weighted by atomic mass is 10.2. The number of nitrogens with two attached hydrogens (primary N) is 1. The van der Waals surface area contributed by atoms with Crippen LogP contribution in [-0.2, 0) is 14.8 Å². The third-order valence-electron chi connectivity index (χ3n) is 3.52. The van der Waals surface area contributed by atoms with E-state index in [2.05, 4.69) is 5.32 Å². The lowest BCUT2D eigenvalue weighted by Crippen LogP contribution is -2.87. The van der Waals surface area contributed by atoms with Crippen molar-refractivity contribution in [1.29, 1.82) is 0 Å². The van der Waals surface area contributed by atoms with E-state index in [1.165, 1.54) is 33.0 Å². The van der Waals surface area contributed by atoms with Crippen LogP contribution in [-0.4, -0.2) is 45.3 Å². The van der Waals surface area contributed by atoms with Crippen molar-refractivity contribution >= 4 is 21.6 Å². The van der Waals surface area contributed by atoms with E-state index in [-0.39, 0.29) is 10.8 Å². The predicted molar refractivity (Wildman–Crippen MR) is 80.5 cm³/mol. The maximum Gasteiger partial charge on any atom is 0.279 e. The van der Waals surface area contributed by atoms with Crippen LogP contribution < -0.4 is 10.6 Å². The highest BCUT2D eigenvalue weighted by Crippen LogP contribution is 2.21. The first-order valence-corrected chi connectivity index (χ1v) is 8.41. The Morgan fingerprint density at radius 3 is 2.62 bits per heavy atom. The molecule has 1 aliphatic rings. The number of hydrogen-bond donors (Lipinski definition) is 2. The summed E-state index contributed by atoms with van der Waals surface area (Å²) in [4.78, 5) is 12.1. The van der Waals surface area contributed by atoms with Crippen molar-refractivity contribution < 1.29 is 18.5 Å². The van der Waals surface area contributed by atoms with E-state index in [1.54, 1.807) is 12.1 Å². The SMILES string of the molecule is Cc1ccc(S(=O)(=O)N(C)C)cc1NC(=O)C[NH2+]C1CC1. The van der Waals surface area contributed by atoms with E-state index in [0.717, 1.165) is 9.87 Å². The van der Waals surface area contributed by atoms with Crippen LogP contribution in [0.4, 0.5) is 5.69 Å². The Morgan fingerprint density at radius 2 is 2.05 bits per heavy atom. The highest BCUT2D eigenvalue weighted by molar-refractivity contribution is 7.89. The van der Waals surface area contributed by atoms with Gasteiger partial charge in [0.1, 0.15) is 0 Å². The van der Waals surface area contributed by atoms with Gasteiger partial charge in [0.15, 0.2) is 6.54 Å². The van der Waals surface area contributed by atoms with Gasteiger partial charge in [0.25, 0.3) is 5.91 Å². The molecule has 0 aliphatic heterocycles. The molecule has 1 aromatic rings. The molecule has 7 heteroatoms. The zero-order chi connectivity index (χ0) is 15.6. The normalized spacial score (nSPS) is 15.2. The maximum absolute atomic E-state index is 12.1. The average Bonchev–Trinajstić information content (AvgIpc) is 3.22. The molecular formula is C14H22N3O3S+. The first-order chi connectivity index (χ1) is 9.80. The summed E-state index contributed by atoms with van der Waals surface area (Å²) in [6, 6.07) is 5.35. The van der Waals surface area contributed by atoms with Crippen molar-refractivity contribution in [2.75, 3.05) is 26.0 Å². The fraction of sp³-hybridized carbons (Fsp3) is 0.500. The molecule has 6 nitrogen and oxygen atoms in total. The second-order valence-corrected chi connectivity index (χ2v) is 7.74. The van der Waals surface area contributed by atoms with Crippen LogP contribution in [0.5, 0.6) is 0 Å². The van der Waals surface area contributed by atoms with Crippen molar-refractivity contribution in [1.82, 2.24) is 4.31 Å². The minimum atomic E-state index is -3.49. The summed E-state index contributed by atoms with van der Waals surface area (Å²) < 4.78 is 25.4. The van der Waals surface area contributed by atoms with Gasteiger partial charge in [-0.2, -0.15) is 0 Å². The van der Waals surface area contributed by atoms with Gasteiger partial charge in [0, 0.05) is 32.6 Å². The number of aryl methyl sites for hydroxylation is 1. The van der Waals surface area contributed by atoms with E-state index >= 15 is 0 Å². The van der Waals surface area contributed by atoms with Gasteiger partial charge in [-0.15, -0.1) is 0 Å². The third-order valence-corrected chi connectivity index (χ3v) is 5.33. The lowest BCUT2D eigenvalue weighted by molar-refractivity contribution is -0.657. The second-order valence-electron chi connectivity index (χ2n) is 5.59. The summed E-state index contributed by atoms with van der Waals surface area (Å²) in [6.45, 7) is 2.21. The largest absolute Gasteiger partial charge is 0.336 e. The smallest absolute Gasteiger partial charge is 0.279 e. The van der Waals surface area contributed by atoms with E-state index in [9.17, 15) is 13.2 Å². The Bertz CT molecular complexity index is 637. The number of sulfonamides is 1. The van der Waals surface area contributed by atoms with Crippen LogP contribution in [0.3, 0.4) is 0 Å². The molecule has 0 aromatic heterocycles. The van der Waals surface area contributed by atoms with Gasteiger partial charge < -0.3 is 10.6 Å². The van der Waals surface area contributed by atoms with Gasteiger partial charge in [0.2, 0.25) is 10.0 Å². The standard InChI is InChI=1S/C14H21N3O3S/c1-10-4-7-12(21(19,20)17(2)3)8-13(10)16-14(18)9-15-11-5-6-11/h4,7-8,11,15H,5-6,9H2,1-3H3,(H,16,18)/p+1. The average molecular weight is 312 g/mol. The molecule has 0 spiro atoms. The molecule has 0 bridgehead atoms. The summed E-state index contributed by atoms with van der Waals surface area (Å²) in [5, 5.41) is 4.81. The van der Waals surface area contributed by atoms with E-state index in [1.807, 2.05) is 12.2 Å². The summed E-state index contributed by atoms with van der Waals surface area (Å²) in [7, 11) is -0.525. The Labute approximate surface area is 125 Å². The van der Waals surface area contributed by atoms with Gasteiger partial charge in [-0.25, -0.2) is 12.7 Å². The summed E-state index contributed by atoms with van der Waals surface area (Å²) >= 11 is 0. The van der Waals surface area contributed by atoms with Crippen LogP contribution in [0.15, 0.2) is 23.1 Å². The van der Waals surface area contributed by atoms with Gasteiger partial charge >= 0.3 is 0 Å². The molecule has 0 atom stereocenters. The van der Waals surface area contributed by atoms with Crippen molar-refractivity contribution in [3.63, 3.8) is 0 Å². The first-order valence-electron chi connectivity index (χ1n) is 6.97. The van der Waals surface area contributed by atoms with Crippen LogP contribution in [0.2, 0.25) is 0 Å². The quantitative estimate of drug-likeness (QED) is 0.770. The van der Waals surface area contributed by atoms with Gasteiger partial charge in [0.05, 0.1) is 10.9 Å². The molecule has 2 rings (SSSR count). The lowest BCUT2D eigenvalue weighted by Gasteiger charge is -2.14. The number of anilines is 1. The summed E-state index contributed by atoms with van der Waals surface area (Å²) in [6.07, 6.45) is 2.34. The van der Waals surface area contributed by atoms with E-state index in [0.29, 0.717) is 18.3 Å². The minimum absolute atomic E-state index is 0.107. The Hall–Kier alpha value is -1.44. The fourth-order valence-electron chi connectivity index (χ4n) is 1.91. The van der Waals surface area contributed by atoms with Gasteiger partial charge in [-0.3, -0.25) is 4.79 Å². The second kappa shape index (κ2) is 6.13. The molecule has 116 valence electrons. The number of carbonyl (C=O) groups excluding carboxylic acids is 1. The van der Waals surface area contributed by atoms with Crippen LogP contribution in [0.25, 0.3) is 0 Å². The van der Waals surface area contributed by atoms with Crippen molar-refractivity contribution in [3.8, 4) is 0 Å². The van der Waals surface area contributed by atoms with Crippen LogP contribution in [0, 0.1) is 6.92 Å². The molecule has 0 heterocycles. The topological polar surface area (TPSA) is 83.1 Å². The number of hydrogen-bond acceptors (Lipinski definition) is 3. The fourth-order valence-corrected chi connectivity index (χ4v) is 2.84. The van der Waals surface area contributed by atoms with Crippen LogP contribution in [0.1, 0.15) is 18.4 Å². The third kappa shape index (κ3) is 4.03. The Balaban J connectivity index is 2.13. The number of benzene rings is 1. The molecule has 0 unspecified atom stereocenters. The highest BCUT2D eigenvalue weighted by atomic mass is 32.2. The number of nitrogens with zero attached hydrogens (tertiary/aromatic N) is 1.